The summed E-state index contributed by atoms with van der Waals surface area (Å²) in [5.74, 6) is 1.82. The molecule has 1 heterocycles. The molecule has 0 N–H and O–H groups in total. The van der Waals surface area contributed by atoms with Crippen molar-refractivity contribution in [1.82, 2.24) is 0 Å². The summed E-state index contributed by atoms with van der Waals surface area (Å²) < 4.78 is -0.198. The van der Waals surface area contributed by atoms with E-state index in [1.807, 2.05) is 11.8 Å². The van der Waals surface area contributed by atoms with E-state index in [1.165, 1.54) is 82.8 Å². The van der Waals surface area contributed by atoms with Gasteiger partial charge in [0.15, 0.2) is 0 Å². The Morgan fingerprint density at radius 3 is 1.85 bits per heavy atom. The number of thioether (sulfide) groups is 1. The molecule has 20 heavy (non-hydrogen) atoms. The van der Waals surface area contributed by atoms with Crippen molar-refractivity contribution in [1.29, 1.82) is 0 Å². The molecule has 118 valence electrons. The number of rotatable bonds is 1. The fourth-order valence-corrected chi connectivity index (χ4v) is 6.21. The normalized spacial score (nSPS) is 36.0. The smallest absolute Gasteiger partial charge is 0.109 e. The second-order valence-electron chi connectivity index (χ2n) is 6.61. The highest BCUT2D eigenvalue weighted by atomic mass is 35.5. The van der Waals surface area contributed by atoms with E-state index >= 15 is 0 Å². The Balaban J connectivity index is 2.04. The van der Waals surface area contributed by atoms with Crippen LogP contribution in [0.1, 0.15) is 83.5 Å². The van der Waals surface area contributed by atoms with E-state index in [-0.39, 0.29) is 9.58 Å². The molecule has 1 aliphatic carbocycles. The molecule has 1 aliphatic heterocycles. The van der Waals surface area contributed by atoms with Gasteiger partial charge < -0.3 is 0 Å². The molecular weight excluding hydrogens is 307 g/mol. The molecule has 2 unspecified atom stereocenters. The highest BCUT2D eigenvalue weighted by molar-refractivity contribution is 8.02. The van der Waals surface area contributed by atoms with Gasteiger partial charge in [-0.3, -0.25) is 0 Å². The first-order valence-electron chi connectivity index (χ1n) is 8.70. The van der Waals surface area contributed by atoms with E-state index in [0.29, 0.717) is 5.92 Å². The minimum absolute atomic E-state index is 0.151. The Kier molecular flexibility index (Phi) is 7.91. The third kappa shape index (κ3) is 4.99. The van der Waals surface area contributed by atoms with Crippen LogP contribution in [-0.2, 0) is 0 Å². The van der Waals surface area contributed by atoms with E-state index in [9.17, 15) is 0 Å². The molecule has 3 heteroatoms. The van der Waals surface area contributed by atoms with Crippen LogP contribution in [0.4, 0.5) is 0 Å². The first-order chi connectivity index (χ1) is 9.73. The van der Waals surface area contributed by atoms with E-state index in [1.54, 1.807) is 0 Å². The lowest BCUT2D eigenvalue weighted by atomic mass is 9.89. The van der Waals surface area contributed by atoms with Gasteiger partial charge in [-0.15, -0.1) is 35.0 Å². The summed E-state index contributed by atoms with van der Waals surface area (Å²) in [6.07, 6.45) is 17.3. The average molecular weight is 337 g/mol. The van der Waals surface area contributed by atoms with Crippen molar-refractivity contribution < 1.29 is 0 Å². The fourth-order valence-electron chi connectivity index (χ4n) is 3.70. The standard InChI is InChI=1S/C17H30Cl2S/c18-16-13-9-5-6-10-14-20-17(16,19)15-11-7-3-1-2-4-8-12-15/h15-16H,1-14H2. The van der Waals surface area contributed by atoms with Crippen molar-refractivity contribution >= 4 is 35.0 Å². The molecule has 0 amide bonds. The summed E-state index contributed by atoms with van der Waals surface area (Å²) in [6.45, 7) is 0. The maximum Gasteiger partial charge on any atom is 0.109 e. The third-order valence-electron chi connectivity index (χ3n) is 5.01. The molecule has 2 fully saturated rings. The lowest BCUT2D eigenvalue weighted by Gasteiger charge is -2.38. The predicted molar refractivity (Wildman–Crippen MR) is 94.2 cm³/mol. The third-order valence-corrected chi connectivity index (χ3v) is 8.27. The molecule has 1 saturated heterocycles. The van der Waals surface area contributed by atoms with Gasteiger partial charge in [0.25, 0.3) is 0 Å². The highest BCUT2D eigenvalue weighted by Crippen LogP contribution is 2.49. The minimum Gasteiger partial charge on any atom is -0.137 e. The van der Waals surface area contributed by atoms with Crippen LogP contribution in [-0.4, -0.2) is 15.3 Å². The zero-order chi connectivity index (χ0) is 14.3. The zero-order valence-corrected chi connectivity index (χ0v) is 15.0. The van der Waals surface area contributed by atoms with Crippen LogP contribution in [0.2, 0.25) is 0 Å². The molecule has 0 aromatic rings. The molecule has 2 rings (SSSR count). The van der Waals surface area contributed by atoms with E-state index in [4.69, 9.17) is 23.2 Å². The topological polar surface area (TPSA) is 0 Å². The molecule has 0 aromatic heterocycles. The van der Waals surface area contributed by atoms with Crippen molar-refractivity contribution in [3.05, 3.63) is 0 Å². The summed E-state index contributed by atoms with van der Waals surface area (Å²) in [5.41, 5.74) is 0. The molecule has 0 radical (unpaired) electrons. The Morgan fingerprint density at radius 1 is 0.700 bits per heavy atom. The van der Waals surface area contributed by atoms with Crippen molar-refractivity contribution in [3.8, 4) is 0 Å². The Hall–Kier alpha value is 0.930. The van der Waals surface area contributed by atoms with Crippen LogP contribution in [0.15, 0.2) is 0 Å². The lowest BCUT2D eigenvalue weighted by Crippen LogP contribution is -2.38. The molecular formula is C17H30Cl2S. The van der Waals surface area contributed by atoms with Gasteiger partial charge in [0.1, 0.15) is 4.21 Å². The number of halogens is 2. The van der Waals surface area contributed by atoms with Crippen LogP contribution < -0.4 is 0 Å². The number of hydrogen-bond acceptors (Lipinski definition) is 1. The first kappa shape index (κ1) is 17.3. The van der Waals surface area contributed by atoms with Gasteiger partial charge in [-0.2, -0.15) is 0 Å². The quantitative estimate of drug-likeness (QED) is 0.465. The predicted octanol–water partition coefficient (Wildman–Crippen LogP) is 6.98. The molecule has 1 saturated carbocycles. The number of hydrogen-bond donors (Lipinski definition) is 0. The monoisotopic (exact) mass is 336 g/mol. The van der Waals surface area contributed by atoms with Crippen LogP contribution in [0.25, 0.3) is 0 Å². The van der Waals surface area contributed by atoms with E-state index < -0.39 is 0 Å². The van der Waals surface area contributed by atoms with Gasteiger partial charge >= 0.3 is 0 Å². The lowest BCUT2D eigenvalue weighted by molar-refractivity contribution is 0.371. The number of alkyl halides is 2. The second kappa shape index (κ2) is 9.16. The van der Waals surface area contributed by atoms with Gasteiger partial charge in [0.05, 0.1) is 5.38 Å². The van der Waals surface area contributed by atoms with Crippen LogP contribution in [0.5, 0.6) is 0 Å². The maximum atomic E-state index is 7.16. The largest absolute Gasteiger partial charge is 0.137 e. The summed E-state index contributed by atoms with van der Waals surface area (Å²) in [4.78, 5) is 0. The Labute approximate surface area is 139 Å². The van der Waals surface area contributed by atoms with E-state index in [2.05, 4.69) is 0 Å². The first-order valence-corrected chi connectivity index (χ1v) is 10.5. The second-order valence-corrected chi connectivity index (χ2v) is 9.36. The average Bonchev–Trinajstić information content (AvgIpc) is 2.63. The van der Waals surface area contributed by atoms with Gasteiger partial charge in [0.2, 0.25) is 0 Å². The molecule has 2 aliphatic rings. The SMILES string of the molecule is ClC1CCCCCCSC1(Cl)C1CCCCCCCC1. The van der Waals surface area contributed by atoms with Crippen molar-refractivity contribution in [2.24, 2.45) is 5.92 Å². The van der Waals surface area contributed by atoms with Crippen LogP contribution in [0, 0.1) is 5.92 Å². The fraction of sp³-hybridized carbons (Fsp3) is 1.00. The molecule has 2 atom stereocenters. The molecule has 0 aromatic carbocycles. The van der Waals surface area contributed by atoms with Gasteiger partial charge in [0, 0.05) is 0 Å². The van der Waals surface area contributed by atoms with Crippen molar-refractivity contribution in [2.45, 2.75) is 93.1 Å². The summed E-state index contributed by atoms with van der Waals surface area (Å²) >= 11 is 15.9. The zero-order valence-electron chi connectivity index (χ0n) is 12.7. The molecule has 0 bridgehead atoms. The molecule has 0 nitrogen and oxygen atoms in total. The van der Waals surface area contributed by atoms with Crippen LogP contribution >= 0.6 is 35.0 Å². The molecule has 0 spiro atoms. The minimum atomic E-state index is -0.198. The Morgan fingerprint density at radius 2 is 1.20 bits per heavy atom. The van der Waals surface area contributed by atoms with Gasteiger partial charge in [-0.1, -0.05) is 57.8 Å². The Bertz CT molecular complexity index is 262. The maximum absolute atomic E-state index is 7.16. The van der Waals surface area contributed by atoms with Crippen molar-refractivity contribution in [2.75, 3.05) is 5.75 Å². The summed E-state index contributed by atoms with van der Waals surface area (Å²) in [5, 5.41) is 0.151. The summed E-state index contributed by atoms with van der Waals surface area (Å²) in [6, 6.07) is 0. The highest BCUT2D eigenvalue weighted by Gasteiger charge is 2.43. The van der Waals surface area contributed by atoms with Gasteiger partial charge in [-0.05, 0) is 37.4 Å². The van der Waals surface area contributed by atoms with Crippen LogP contribution in [0.3, 0.4) is 0 Å². The summed E-state index contributed by atoms with van der Waals surface area (Å²) in [7, 11) is 0. The van der Waals surface area contributed by atoms with Gasteiger partial charge in [-0.25, -0.2) is 0 Å². The van der Waals surface area contributed by atoms with Crippen molar-refractivity contribution in [3.63, 3.8) is 0 Å². The van der Waals surface area contributed by atoms with E-state index in [0.717, 1.165) is 6.42 Å².